The minimum atomic E-state index is 0.0442. The van der Waals surface area contributed by atoms with Crippen LogP contribution in [-0.2, 0) is 11.2 Å². The van der Waals surface area contributed by atoms with E-state index >= 15 is 0 Å². The van der Waals surface area contributed by atoms with Gasteiger partial charge >= 0.3 is 0 Å². The third kappa shape index (κ3) is 2.39. The summed E-state index contributed by atoms with van der Waals surface area (Å²) >= 11 is 7.80. The van der Waals surface area contributed by atoms with Crippen molar-refractivity contribution in [2.24, 2.45) is 0 Å². The van der Waals surface area contributed by atoms with Gasteiger partial charge in [-0.05, 0) is 44.2 Å². The summed E-state index contributed by atoms with van der Waals surface area (Å²) in [6, 6.07) is 2.61. The third-order valence-corrected chi connectivity index (χ3v) is 5.21. The van der Waals surface area contributed by atoms with Gasteiger partial charge in [-0.2, -0.15) is 0 Å². The molecule has 1 fully saturated rings. The number of hydrogen-bond donors (Lipinski definition) is 1. The monoisotopic (exact) mass is 271 g/mol. The molecule has 1 aromatic heterocycles. The molecule has 1 N–H and O–H groups in total. The van der Waals surface area contributed by atoms with Crippen molar-refractivity contribution in [3.8, 4) is 0 Å². The molecule has 1 aliphatic carbocycles. The van der Waals surface area contributed by atoms with Crippen molar-refractivity contribution in [2.75, 3.05) is 13.2 Å². The number of halogens is 1. The molecule has 2 nitrogen and oxygen atoms in total. The molecule has 2 heterocycles. The van der Waals surface area contributed by atoms with Gasteiger partial charge < -0.3 is 10.1 Å². The summed E-state index contributed by atoms with van der Waals surface area (Å²) in [6.07, 6.45) is 4.73. The Hall–Kier alpha value is -0.0900. The van der Waals surface area contributed by atoms with Crippen molar-refractivity contribution >= 4 is 22.9 Å². The van der Waals surface area contributed by atoms with Gasteiger partial charge in [-0.1, -0.05) is 11.6 Å². The van der Waals surface area contributed by atoms with Crippen LogP contribution in [0.2, 0.25) is 4.34 Å². The minimum absolute atomic E-state index is 0.0442. The third-order valence-electron chi connectivity index (χ3n) is 3.87. The molecule has 2 atom stereocenters. The molecule has 2 unspecified atom stereocenters. The number of nitrogens with one attached hydrogen (secondary N) is 1. The number of aryl methyl sites for hydroxylation is 1. The van der Waals surface area contributed by atoms with Crippen LogP contribution >= 0.6 is 22.9 Å². The van der Waals surface area contributed by atoms with Crippen molar-refractivity contribution < 1.29 is 4.74 Å². The average Bonchev–Trinajstić information content (AvgIpc) is 2.93. The van der Waals surface area contributed by atoms with Gasteiger partial charge in [0.1, 0.15) is 0 Å². The van der Waals surface area contributed by atoms with Crippen LogP contribution in [0.25, 0.3) is 0 Å². The summed E-state index contributed by atoms with van der Waals surface area (Å²) in [4.78, 5) is 1.46. The Morgan fingerprint density at radius 3 is 3.29 bits per heavy atom. The standard InChI is InChI=1S/C13H18ClNOS/c1-13(5-2-6-16-13)8-15-10-3-4-11-9(10)7-12(14)17-11/h7,10,15H,2-6,8H2,1H3. The summed E-state index contributed by atoms with van der Waals surface area (Å²) in [5.74, 6) is 0. The highest BCUT2D eigenvalue weighted by Crippen LogP contribution is 2.39. The van der Waals surface area contributed by atoms with Gasteiger partial charge in [0.25, 0.3) is 0 Å². The normalized spacial score (nSPS) is 32.0. The van der Waals surface area contributed by atoms with Crippen LogP contribution in [-0.4, -0.2) is 18.8 Å². The molecule has 2 aliphatic rings. The van der Waals surface area contributed by atoms with Crippen molar-refractivity contribution in [3.05, 3.63) is 20.8 Å². The van der Waals surface area contributed by atoms with Crippen LogP contribution in [0.4, 0.5) is 0 Å². The van der Waals surface area contributed by atoms with E-state index in [1.807, 2.05) is 0 Å². The summed E-state index contributed by atoms with van der Waals surface area (Å²) in [6.45, 7) is 4.08. The van der Waals surface area contributed by atoms with E-state index in [1.165, 1.54) is 36.1 Å². The fourth-order valence-electron chi connectivity index (χ4n) is 2.86. The van der Waals surface area contributed by atoms with Gasteiger partial charge in [0, 0.05) is 24.1 Å². The lowest BCUT2D eigenvalue weighted by Gasteiger charge is -2.26. The van der Waals surface area contributed by atoms with E-state index in [1.54, 1.807) is 11.3 Å². The highest BCUT2D eigenvalue weighted by molar-refractivity contribution is 7.16. The molecule has 94 valence electrons. The lowest BCUT2D eigenvalue weighted by molar-refractivity contribution is 0.0187. The fourth-order valence-corrected chi connectivity index (χ4v) is 4.21. The molecule has 0 aromatic carbocycles. The molecule has 0 amide bonds. The molecule has 0 radical (unpaired) electrons. The first-order chi connectivity index (χ1) is 8.16. The fraction of sp³-hybridized carbons (Fsp3) is 0.692. The Morgan fingerprint density at radius 1 is 1.65 bits per heavy atom. The molecule has 1 saturated heterocycles. The van der Waals surface area contributed by atoms with Crippen LogP contribution in [0.5, 0.6) is 0 Å². The summed E-state index contributed by atoms with van der Waals surface area (Å²) in [7, 11) is 0. The van der Waals surface area contributed by atoms with Gasteiger partial charge in [0.2, 0.25) is 0 Å². The first kappa shape index (κ1) is 12.0. The predicted octanol–water partition coefficient (Wildman–Crippen LogP) is 3.55. The van der Waals surface area contributed by atoms with E-state index in [2.05, 4.69) is 18.3 Å². The van der Waals surface area contributed by atoms with Crippen LogP contribution in [0.15, 0.2) is 6.07 Å². The van der Waals surface area contributed by atoms with Gasteiger partial charge in [-0.15, -0.1) is 11.3 Å². The molecule has 1 aliphatic heterocycles. The number of hydrogen-bond acceptors (Lipinski definition) is 3. The molecule has 4 heteroatoms. The molecule has 0 saturated carbocycles. The average molecular weight is 272 g/mol. The molecule has 17 heavy (non-hydrogen) atoms. The number of rotatable bonds is 3. The lowest BCUT2D eigenvalue weighted by atomic mass is 10.0. The maximum Gasteiger partial charge on any atom is 0.0934 e. The first-order valence-corrected chi connectivity index (χ1v) is 7.51. The maximum absolute atomic E-state index is 6.06. The maximum atomic E-state index is 6.06. The summed E-state index contributed by atoms with van der Waals surface area (Å²) in [5, 5.41) is 3.66. The second kappa shape index (κ2) is 4.54. The molecule has 0 bridgehead atoms. The Bertz CT molecular complexity index is 412. The Balaban J connectivity index is 1.63. The molecule has 0 spiro atoms. The second-order valence-electron chi connectivity index (χ2n) is 5.30. The topological polar surface area (TPSA) is 21.3 Å². The smallest absolute Gasteiger partial charge is 0.0934 e. The van der Waals surface area contributed by atoms with Crippen LogP contribution in [0.1, 0.15) is 42.7 Å². The zero-order valence-corrected chi connectivity index (χ0v) is 11.7. The summed E-state index contributed by atoms with van der Waals surface area (Å²) < 4.78 is 6.73. The minimum Gasteiger partial charge on any atom is -0.374 e. The van der Waals surface area contributed by atoms with Crippen molar-refractivity contribution in [1.29, 1.82) is 0 Å². The molecule has 3 rings (SSSR count). The van der Waals surface area contributed by atoms with Gasteiger partial charge in [0.15, 0.2) is 0 Å². The zero-order chi connectivity index (χ0) is 11.9. The van der Waals surface area contributed by atoms with Crippen molar-refractivity contribution in [2.45, 2.75) is 44.2 Å². The van der Waals surface area contributed by atoms with E-state index in [4.69, 9.17) is 16.3 Å². The van der Waals surface area contributed by atoms with E-state index < -0.39 is 0 Å². The zero-order valence-electron chi connectivity index (χ0n) is 10.1. The van der Waals surface area contributed by atoms with E-state index in [9.17, 15) is 0 Å². The molecular formula is C13H18ClNOS. The van der Waals surface area contributed by atoms with E-state index in [0.29, 0.717) is 6.04 Å². The van der Waals surface area contributed by atoms with Crippen LogP contribution < -0.4 is 5.32 Å². The van der Waals surface area contributed by atoms with Crippen molar-refractivity contribution in [3.63, 3.8) is 0 Å². The van der Waals surface area contributed by atoms with Crippen LogP contribution in [0.3, 0.4) is 0 Å². The van der Waals surface area contributed by atoms with Gasteiger partial charge in [-0.25, -0.2) is 0 Å². The Morgan fingerprint density at radius 2 is 2.53 bits per heavy atom. The number of ether oxygens (including phenoxy) is 1. The quantitative estimate of drug-likeness (QED) is 0.908. The SMILES string of the molecule is CC1(CNC2CCc3sc(Cl)cc32)CCCO1. The molecule has 1 aromatic rings. The predicted molar refractivity (Wildman–Crippen MR) is 72.0 cm³/mol. The van der Waals surface area contributed by atoms with E-state index in [-0.39, 0.29) is 5.60 Å². The largest absolute Gasteiger partial charge is 0.374 e. The lowest BCUT2D eigenvalue weighted by Crippen LogP contribution is -2.38. The summed E-state index contributed by atoms with van der Waals surface area (Å²) in [5.41, 5.74) is 1.46. The van der Waals surface area contributed by atoms with Gasteiger partial charge in [-0.3, -0.25) is 0 Å². The second-order valence-corrected chi connectivity index (χ2v) is 7.07. The first-order valence-electron chi connectivity index (χ1n) is 6.32. The highest BCUT2D eigenvalue weighted by atomic mass is 35.5. The highest BCUT2D eigenvalue weighted by Gasteiger charge is 2.32. The Kier molecular flexibility index (Phi) is 3.20. The van der Waals surface area contributed by atoms with Crippen LogP contribution in [0, 0.1) is 0 Å². The molecular weight excluding hydrogens is 254 g/mol. The number of fused-ring (bicyclic) bond motifs is 1. The van der Waals surface area contributed by atoms with Gasteiger partial charge in [0.05, 0.1) is 9.94 Å². The van der Waals surface area contributed by atoms with E-state index in [0.717, 1.165) is 17.5 Å². The number of thiophene rings is 1. The Labute approximate surface area is 111 Å². The van der Waals surface area contributed by atoms with Crippen molar-refractivity contribution in [1.82, 2.24) is 5.32 Å².